The Morgan fingerprint density at radius 2 is 1.79 bits per heavy atom. The summed E-state index contributed by atoms with van der Waals surface area (Å²) in [5.74, 6) is 0.350. The highest BCUT2D eigenvalue weighted by atomic mass is 35.5. The van der Waals surface area contributed by atoms with E-state index in [2.05, 4.69) is 21.2 Å². The predicted molar refractivity (Wildman–Crippen MR) is 167 cm³/mol. The van der Waals surface area contributed by atoms with E-state index in [1.165, 1.54) is 13.3 Å². The quantitative estimate of drug-likeness (QED) is 0.113. The van der Waals surface area contributed by atoms with Gasteiger partial charge < -0.3 is 29.6 Å². The van der Waals surface area contributed by atoms with Crippen LogP contribution in [-0.4, -0.2) is 43.5 Å². The van der Waals surface area contributed by atoms with E-state index in [0.29, 0.717) is 49.8 Å². The number of thiocarbonyl (C=S) groups is 1. The Bertz CT molecular complexity index is 1560. The minimum atomic E-state index is -0.637. The lowest BCUT2D eigenvalue weighted by Crippen LogP contribution is -2.45. The molecule has 0 saturated heterocycles. The third-order valence-corrected chi connectivity index (χ3v) is 6.89. The van der Waals surface area contributed by atoms with Crippen molar-refractivity contribution in [1.29, 1.82) is 0 Å². The highest BCUT2D eigenvalue weighted by Gasteiger charge is 2.32. The van der Waals surface area contributed by atoms with Crippen molar-refractivity contribution < 1.29 is 28.5 Å². The molecule has 3 aromatic carbocycles. The topological polar surface area (TPSA) is 120 Å². The van der Waals surface area contributed by atoms with Gasteiger partial charge in [0.2, 0.25) is 0 Å². The number of carbonyl (C=O) groups excluding carboxylic acids is 2. The molecule has 1 amide bonds. The third-order valence-electron chi connectivity index (χ3n) is 6.31. The molecule has 1 atom stereocenters. The van der Waals surface area contributed by atoms with Crippen LogP contribution in [0.25, 0.3) is 0 Å². The van der Waals surface area contributed by atoms with Gasteiger partial charge in [-0.05, 0) is 50.3 Å². The summed E-state index contributed by atoms with van der Waals surface area (Å²) in [5.41, 5.74) is 5.41. The number of rotatable bonds is 12. The number of para-hydroxylation sites is 2. The second kappa shape index (κ2) is 15.0. The monoisotopic (exact) mass is 622 g/mol. The van der Waals surface area contributed by atoms with Crippen LogP contribution in [0.4, 0.5) is 0 Å². The maximum Gasteiger partial charge on any atom is 0.338 e. The number of hydrogen-bond acceptors (Lipinski definition) is 8. The summed E-state index contributed by atoms with van der Waals surface area (Å²) in [7, 11) is 1.54. The first-order valence-electron chi connectivity index (χ1n) is 13.3. The van der Waals surface area contributed by atoms with Gasteiger partial charge in [0.1, 0.15) is 12.4 Å². The summed E-state index contributed by atoms with van der Waals surface area (Å²) < 4.78 is 22.6. The van der Waals surface area contributed by atoms with Gasteiger partial charge >= 0.3 is 5.97 Å². The fraction of sp³-hybridized carbons (Fsp3) is 0.226. The first-order valence-corrected chi connectivity index (χ1v) is 14.1. The zero-order chi connectivity index (χ0) is 30.8. The summed E-state index contributed by atoms with van der Waals surface area (Å²) in [5, 5.41) is 11.1. The zero-order valence-corrected chi connectivity index (χ0v) is 25.4. The van der Waals surface area contributed by atoms with E-state index in [1.54, 1.807) is 62.4 Å². The fourth-order valence-corrected chi connectivity index (χ4v) is 4.78. The number of hydrogen-bond donors (Lipinski definition) is 3. The van der Waals surface area contributed by atoms with E-state index in [-0.39, 0.29) is 19.8 Å². The normalized spacial score (nSPS) is 14.5. The Hall–Kier alpha value is -4.61. The molecule has 3 N–H and O–H groups in total. The van der Waals surface area contributed by atoms with Gasteiger partial charge in [-0.2, -0.15) is 5.10 Å². The highest BCUT2D eigenvalue weighted by molar-refractivity contribution is 7.80. The number of hydrazone groups is 1. The van der Waals surface area contributed by atoms with Crippen molar-refractivity contribution in [2.24, 2.45) is 5.10 Å². The molecule has 0 unspecified atom stereocenters. The number of nitrogens with one attached hydrogen (secondary N) is 3. The maximum atomic E-state index is 12.8. The van der Waals surface area contributed by atoms with Crippen molar-refractivity contribution in [1.82, 2.24) is 16.1 Å². The molecule has 0 fully saturated rings. The number of amides is 1. The number of carbonyl (C=O) groups is 2. The van der Waals surface area contributed by atoms with E-state index in [9.17, 15) is 9.59 Å². The minimum absolute atomic E-state index is 0.212. The lowest BCUT2D eigenvalue weighted by Gasteiger charge is -2.30. The maximum absolute atomic E-state index is 12.8. The summed E-state index contributed by atoms with van der Waals surface area (Å²) in [6.07, 6.45) is 1.45. The van der Waals surface area contributed by atoms with Crippen molar-refractivity contribution >= 4 is 47.0 Å². The number of allylic oxidation sites excluding steroid dienone is 1. The van der Waals surface area contributed by atoms with Gasteiger partial charge in [-0.1, -0.05) is 54.1 Å². The van der Waals surface area contributed by atoms with Crippen molar-refractivity contribution in [2.45, 2.75) is 26.5 Å². The van der Waals surface area contributed by atoms with Gasteiger partial charge in [-0.3, -0.25) is 4.79 Å². The Morgan fingerprint density at radius 1 is 1.05 bits per heavy atom. The standard InChI is InChI=1S/C31H31ClN4O6S/c1-4-40-30(38)27-19(2)34-31(43)35-28(27)22-12-6-8-14-24(22)41-18-26(37)36-33-16-20-11-9-15-25(39-3)29(20)42-17-21-10-5-7-13-23(21)32/h5-16,28H,4,17-18H2,1-3H3,(H,36,37)(H2,34,35,43)/t28-/m1/s1. The molecule has 3 aromatic rings. The van der Waals surface area contributed by atoms with E-state index < -0.39 is 17.9 Å². The molecule has 0 radical (unpaired) electrons. The van der Waals surface area contributed by atoms with Crippen molar-refractivity contribution in [2.75, 3.05) is 20.3 Å². The van der Waals surface area contributed by atoms with E-state index in [4.69, 9.17) is 42.8 Å². The number of halogens is 1. The van der Waals surface area contributed by atoms with Crippen LogP contribution in [0.15, 0.2) is 83.1 Å². The predicted octanol–water partition coefficient (Wildman–Crippen LogP) is 4.81. The molecule has 12 heteroatoms. The minimum Gasteiger partial charge on any atom is -0.493 e. The van der Waals surface area contributed by atoms with Crippen LogP contribution in [0.1, 0.15) is 36.6 Å². The first kappa shape index (κ1) is 31.3. The SMILES string of the molecule is CCOC(=O)C1=C(C)NC(=S)N[C@@H]1c1ccccc1OCC(=O)NN=Cc1cccc(OC)c1OCc1ccccc1Cl. The Kier molecular flexibility index (Phi) is 11.0. The van der Waals surface area contributed by atoms with E-state index >= 15 is 0 Å². The zero-order valence-electron chi connectivity index (χ0n) is 23.8. The molecular formula is C31H31ClN4O6S. The highest BCUT2D eigenvalue weighted by Crippen LogP contribution is 2.34. The molecule has 4 rings (SSSR count). The molecule has 0 aromatic heterocycles. The van der Waals surface area contributed by atoms with Crippen LogP contribution < -0.4 is 30.3 Å². The van der Waals surface area contributed by atoms with Crippen molar-refractivity contribution in [3.63, 3.8) is 0 Å². The molecule has 43 heavy (non-hydrogen) atoms. The molecule has 1 heterocycles. The summed E-state index contributed by atoms with van der Waals surface area (Å²) in [4.78, 5) is 25.4. The molecule has 224 valence electrons. The first-order chi connectivity index (χ1) is 20.8. The molecule has 10 nitrogen and oxygen atoms in total. The molecule has 1 aliphatic heterocycles. The Labute approximate surface area is 260 Å². The van der Waals surface area contributed by atoms with Crippen molar-refractivity contribution in [3.05, 3.63) is 99.7 Å². The lowest BCUT2D eigenvalue weighted by molar-refractivity contribution is -0.139. The smallest absolute Gasteiger partial charge is 0.338 e. The van der Waals surface area contributed by atoms with Gasteiger partial charge in [0.05, 0.1) is 31.5 Å². The Balaban J connectivity index is 1.43. The van der Waals surface area contributed by atoms with Crippen LogP contribution in [0.3, 0.4) is 0 Å². The van der Waals surface area contributed by atoms with Crippen LogP contribution in [0.2, 0.25) is 5.02 Å². The Morgan fingerprint density at radius 3 is 2.56 bits per heavy atom. The average molecular weight is 623 g/mol. The number of benzene rings is 3. The molecule has 0 spiro atoms. The summed E-state index contributed by atoms with van der Waals surface area (Å²) in [6, 6.07) is 19.1. The molecule has 0 saturated carbocycles. The third kappa shape index (κ3) is 8.02. The molecule has 0 aliphatic carbocycles. The molecule has 1 aliphatic rings. The number of methoxy groups -OCH3 is 1. The van der Waals surface area contributed by atoms with E-state index in [0.717, 1.165) is 5.56 Å². The number of ether oxygens (including phenoxy) is 4. The average Bonchev–Trinajstić information content (AvgIpc) is 2.99. The summed E-state index contributed by atoms with van der Waals surface area (Å²) in [6.45, 7) is 3.57. The van der Waals surface area contributed by atoms with Crippen molar-refractivity contribution in [3.8, 4) is 17.2 Å². The lowest BCUT2D eigenvalue weighted by atomic mass is 9.95. The largest absolute Gasteiger partial charge is 0.493 e. The van der Waals surface area contributed by atoms with Gasteiger partial charge in [0.15, 0.2) is 23.2 Å². The van der Waals surface area contributed by atoms with E-state index in [1.807, 2.05) is 18.2 Å². The molecule has 0 bridgehead atoms. The number of esters is 1. The summed E-state index contributed by atoms with van der Waals surface area (Å²) >= 11 is 11.6. The fourth-order valence-electron chi connectivity index (χ4n) is 4.32. The van der Waals surface area contributed by atoms with Crippen LogP contribution in [-0.2, 0) is 20.9 Å². The van der Waals surface area contributed by atoms with Crippen LogP contribution in [0, 0.1) is 0 Å². The second-order valence-corrected chi connectivity index (χ2v) is 9.98. The second-order valence-electron chi connectivity index (χ2n) is 9.17. The van der Waals surface area contributed by atoms with Gasteiger partial charge in [0.25, 0.3) is 5.91 Å². The van der Waals surface area contributed by atoms with Gasteiger partial charge in [-0.15, -0.1) is 0 Å². The molecular weight excluding hydrogens is 592 g/mol. The van der Waals surface area contributed by atoms with Crippen LogP contribution in [0.5, 0.6) is 17.2 Å². The van der Waals surface area contributed by atoms with Crippen LogP contribution >= 0.6 is 23.8 Å². The van der Waals surface area contributed by atoms with Gasteiger partial charge in [-0.25, -0.2) is 10.2 Å². The number of nitrogens with zero attached hydrogens (tertiary/aromatic N) is 1. The van der Waals surface area contributed by atoms with Gasteiger partial charge in [0, 0.05) is 27.4 Å².